The molecule has 0 amide bonds. The summed E-state index contributed by atoms with van der Waals surface area (Å²) in [6.07, 6.45) is 0.248. The summed E-state index contributed by atoms with van der Waals surface area (Å²) in [6, 6.07) is 11.4. The van der Waals surface area contributed by atoms with Crippen molar-refractivity contribution in [2.75, 3.05) is 0 Å². The van der Waals surface area contributed by atoms with Gasteiger partial charge in [-0.05, 0) is 35.9 Å². The van der Waals surface area contributed by atoms with Crippen LogP contribution in [0.25, 0.3) is 11.0 Å². The highest BCUT2D eigenvalue weighted by Gasteiger charge is 2.13. The Bertz CT molecular complexity index is 839. The lowest BCUT2D eigenvalue weighted by Gasteiger charge is -2.05. The molecule has 1 N–H and O–H groups in total. The monoisotopic (exact) mass is 284 g/mol. The number of benzene rings is 2. The summed E-state index contributed by atoms with van der Waals surface area (Å²) in [6.45, 7) is 0. The molecule has 21 heavy (non-hydrogen) atoms. The van der Waals surface area contributed by atoms with Crippen molar-refractivity contribution < 1.29 is 14.3 Å². The predicted octanol–water partition coefficient (Wildman–Crippen LogP) is 3.00. The highest BCUT2D eigenvalue weighted by molar-refractivity contribution is 5.87. The molecule has 0 atom stereocenters. The number of carboxylic acids is 1. The molecule has 3 aromatic rings. The molecule has 1 aromatic heterocycles. The summed E-state index contributed by atoms with van der Waals surface area (Å²) in [4.78, 5) is 15.5. The second kappa shape index (κ2) is 5.01. The third kappa shape index (κ3) is 2.38. The van der Waals surface area contributed by atoms with Gasteiger partial charge in [0.25, 0.3) is 0 Å². The van der Waals surface area contributed by atoms with Crippen molar-refractivity contribution in [3.63, 3.8) is 0 Å². The second-order valence-corrected chi connectivity index (χ2v) is 4.86. The molecule has 3 rings (SSSR count). The number of aryl methyl sites for hydroxylation is 1. The van der Waals surface area contributed by atoms with E-state index in [1.807, 2.05) is 35.9 Å². The Morgan fingerprint density at radius 2 is 2.05 bits per heavy atom. The topological polar surface area (TPSA) is 55.1 Å². The van der Waals surface area contributed by atoms with Crippen molar-refractivity contribution in [3.05, 3.63) is 65.2 Å². The number of hydrogen-bond donors (Lipinski definition) is 1. The van der Waals surface area contributed by atoms with Gasteiger partial charge in [-0.3, -0.25) is 0 Å². The van der Waals surface area contributed by atoms with E-state index in [9.17, 15) is 9.18 Å². The molecule has 0 spiro atoms. The maximum Gasteiger partial charge on any atom is 0.335 e. The molecule has 0 radical (unpaired) electrons. The fourth-order valence-corrected chi connectivity index (χ4v) is 2.37. The van der Waals surface area contributed by atoms with Crippen molar-refractivity contribution in [3.8, 4) is 0 Å². The molecule has 4 nitrogen and oxygen atoms in total. The highest BCUT2D eigenvalue weighted by atomic mass is 19.1. The van der Waals surface area contributed by atoms with Gasteiger partial charge in [-0.15, -0.1) is 0 Å². The first-order chi connectivity index (χ1) is 10.1. The number of carboxylic acid groups (broad SMARTS) is 1. The van der Waals surface area contributed by atoms with Crippen molar-refractivity contribution in [2.24, 2.45) is 7.05 Å². The van der Waals surface area contributed by atoms with Gasteiger partial charge in [0.2, 0.25) is 0 Å². The summed E-state index contributed by atoms with van der Waals surface area (Å²) in [5.74, 6) is -0.800. The molecule has 106 valence electrons. The van der Waals surface area contributed by atoms with E-state index in [0.29, 0.717) is 11.4 Å². The number of rotatable bonds is 3. The van der Waals surface area contributed by atoms with Crippen LogP contribution in [0, 0.1) is 5.82 Å². The Labute approximate surface area is 120 Å². The largest absolute Gasteiger partial charge is 0.478 e. The van der Waals surface area contributed by atoms with Gasteiger partial charge >= 0.3 is 5.97 Å². The average molecular weight is 284 g/mol. The standard InChI is InChI=1S/C16H13FN2O2/c1-19-14-5-3-2-4-13(14)18-15(19)9-11-8-10(16(20)21)6-7-12(11)17/h2-8H,9H2,1H3,(H,20,21). The van der Waals surface area contributed by atoms with Crippen LogP contribution in [0.3, 0.4) is 0 Å². The summed E-state index contributed by atoms with van der Waals surface area (Å²) in [5.41, 5.74) is 2.20. The smallest absolute Gasteiger partial charge is 0.335 e. The summed E-state index contributed by atoms with van der Waals surface area (Å²) in [7, 11) is 1.86. The zero-order chi connectivity index (χ0) is 15.0. The predicted molar refractivity (Wildman–Crippen MR) is 76.9 cm³/mol. The van der Waals surface area contributed by atoms with E-state index in [1.54, 1.807) is 0 Å². The Morgan fingerprint density at radius 3 is 2.76 bits per heavy atom. The lowest BCUT2D eigenvalue weighted by Crippen LogP contribution is -2.04. The lowest BCUT2D eigenvalue weighted by atomic mass is 10.1. The molecule has 0 fully saturated rings. The molecule has 0 saturated carbocycles. The molecule has 0 aliphatic rings. The minimum absolute atomic E-state index is 0.0742. The first-order valence-corrected chi connectivity index (χ1v) is 6.48. The van der Waals surface area contributed by atoms with Crippen LogP contribution in [-0.4, -0.2) is 20.6 Å². The molecule has 2 aromatic carbocycles. The molecule has 5 heteroatoms. The van der Waals surface area contributed by atoms with Crippen LogP contribution in [0.15, 0.2) is 42.5 Å². The fourth-order valence-electron chi connectivity index (χ4n) is 2.37. The molecular weight excluding hydrogens is 271 g/mol. The zero-order valence-corrected chi connectivity index (χ0v) is 11.4. The Hall–Kier alpha value is -2.69. The number of hydrogen-bond acceptors (Lipinski definition) is 2. The number of para-hydroxylation sites is 2. The SMILES string of the molecule is Cn1c(Cc2cc(C(=O)O)ccc2F)nc2ccccc21. The van der Waals surface area contributed by atoms with Crippen LogP contribution in [0.4, 0.5) is 4.39 Å². The van der Waals surface area contributed by atoms with Crippen LogP contribution in [0.2, 0.25) is 0 Å². The maximum atomic E-state index is 13.9. The van der Waals surface area contributed by atoms with Crippen molar-refractivity contribution in [1.29, 1.82) is 0 Å². The highest BCUT2D eigenvalue weighted by Crippen LogP contribution is 2.19. The number of aromatic nitrogens is 2. The third-order valence-electron chi connectivity index (χ3n) is 3.52. The number of halogens is 1. The van der Waals surface area contributed by atoms with E-state index < -0.39 is 11.8 Å². The van der Waals surface area contributed by atoms with Gasteiger partial charge in [-0.1, -0.05) is 12.1 Å². The number of imidazole rings is 1. The Kier molecular flexibility index (Phi) is 3.17. The normalized spacial score (nSPS) is 11.0. The Balaban J connectivity index is 2.04. The van der Waals surface area contributed by atoms with Crippen molar-refractivity contribution in [1.82, 2.24) is 9.55 Å². The molecule has 0 saturated heterocycles. The summed E-state index contributed by atoms with van der Waals surface area (Å²) in [5, 5.41) is 8.99. The number of carbonyl (C=O) groups is 1. The van der Waals surface area contributed by atoms with Gasteiger partial charge in [0.05, 0.1) is 16.6 Å². The zero-order valence-electron chi connectivity index (χ0n) is 11.4. The van der Waals surface area contributed by atoms with E-state index in [1.165, 1.54) is 18.2 Å². The fraction of sp³-hybridized carbons (Fsp3) is 0.125. The van der Waals surface area contributed by atoms with Gasteiger partial charge in [-0.25, -0.2) is 14.2 Å². The van der Waals surface area contributed by atoms with Gasteiger partial charge in [0.1, 0.15) is 11.6 Å². The van der Waals surface area contributed by atoms with E-state index in [2.05, 4.69) is 4.98 Å². The van der Waals surface area contributed by atoms with E-state index in [-0.39, 0.29) is 12.0 Å². The summed E-state index contributed by atoms with van der Waals surface area (Å²) >= 11 is 0. The Morgan fingerprint density at radius 1 is 1.29 bits per heavy atom. The third-order valence-corrected chi connectivity index (χ3v) is 3.52. The summed E-state index contributed by atoms with van der Waals surface area (Å²) < 4.78 is 15.8. The molecule has 0 aliphatic carbocycles. The van der Waals surface area contributed by atoms with Crippen molar-refractivity contribution in [2.45, 2.75) is 6.42 Å². The van der Waals surface area contributed by atoms with Crippen LogP contribution < -0.4 is 0 Å². The van der Waals surface area contributed by atoms with E-state index in [4.69, 9.17) is 5.11 Å². The van der Waals surface area contributed by atoms with E-state index >= 15 is 0 Å². The van der Waals surface area contributed by atoms with Gasteiger partial charge in [-0.2, -0.15) is 0 Å². The van der Waals surface area contributed by atoms with Gasteiger partial charge < -0.3 is 9.67 Å². The van der Waals surface area contributed by atoms with Crippen LogP contribution in [-0.2, 0) is 13.5 Å². The van der Waals surface area contributed by atoms with Gasteiger partial charge in [0.15, 0.2) is 0 Å². The number of nitrogens with zero attached hydrogens (tertiary/aromatic N) is 2. The first kappa shape index (κ1) is 13.3. The lowest BCUT2D eigenvalue weighted by molar-refractivity contribution is 0.0696. The van der Waals surface area contributed by atoms with Crippen LogP contribution in [0.5, 0.6) is 0 Å². The quantitative estimate of drug-likeness (QED) is 0.804. The molecular formula is C16H13FN2O2. The van der Waals surface area contributed by atoms with E-state index in [0.717, 1.165) is 11.0 Å². The second-order valence-electron chi connectivity index (χ2n) is 4.86. The first-order valence-electron chi connectivity index (χ1n) is 6.48. The maximum absolute atomic E-state index is 13.9. The van der Waals surface area contributed by atoms with Gasteiger partial charge in [0, 0.05) is 13.5 Å². The minimum atomic E-state index is -1.07. The average Bonchev–Trinajstić information content (AvgIpc) is 2.78. The molecule has 0 aliphatic heterocycles. The van der Waals surface area contributed by atoms with Crippen molar-refractivity contribution >= 4 is 17.0 Å². The number of fused-ring (bicyclic) bond motifs is 1. The molecule has 0 bridgehead atoms. The molecule has 1 heterocycles. The number of aromatic carboxylic acids is 1. The van der Waals surface area contributed by atoms with Crippen LogP contribution in [0.1, 0.15) is 21.7 Å². The minimum Gasteiger partial charge on any atom is -0.478 e. The molecule has 0 unspecified atom stereocenters. The van der Waals surface area contributed by atoms with Crippen LogP contribution >= 0.6 is 0 Å².